The van der Waals surface area contributed by atoms with Gasteiger partial charge in [-0.25, -0.2) is 4.98 Å². The topological polar surface area (TPSA) is 68.0 Å². The SMILES string of the molecule is NCC1(CC(=O)Nc2ccc(-c3nccs3)cc2)CCC1. The number of anilines is 1. The second kappa shape index (κ2) is 5.95. The van der Waals surface area contributed by atoms with Gasteiger partial charge in [0.15, 0.2) is 0 Å². The third-order valence-corrected chi connectivity index (χ3v) is 5.05. The van der Waals surface area contributed by atoms with Crippen LogP contribution in [0.1, 0.15) is 25.7 Å². The number of carbonyl (C=O) groups excluding carboxylic acids is 1. The highest BCUT2D eigenvalue weighted by Gasteiger charge is 2.37. The highest BCUT2D eigenvalue weighted by Crippen LogP contribution is 2.43. The molecule has 4 nitrogen and oxygen atoms in total. The Morgan fingerprint density at radius 1 is 1.33 bits per heavy atom. The van der Waals surface area contributed by atoms with Crippen LogP contribution in [0.2, 0.25) is 0 Å². The van der Waals surface area contributed by atoms with Gasteiger partial charge in [-0.2, -0.15) is 0 Å². The molecule has 0 saturated heterocycles. The first-order chi connectivity index (χ1) is 10.2. The molecule has 0 atom stereocenters. The Bertz CT molecular complexity index is 597. The molecule has 0 bridgehead atoms. The number of nitrogens with two attached hydrogens (primary N) is 1. The van der Waals surface area contributed by atoms with Crippen molar-refractivity contribution in [1.29, 1.82) is 0 Å². The number of carbonyl (C=O) groups is 1. The summed E-state index contributed by atoms with van der Waals surface area (Å²) in [5.41, 5.74) is 7.74. The summed E-state index contributed by atoms with van der Waals surface area (Å²) in [6.45, 7) is 0.601. The highest BCUT2D eigenvalue weighted by atomic mass is 32.1. The molecule has 0 spiro atoms. The van der Waals surface area contributed by atoms with E-state index in [1.165, 1.54) is 6.42 Å². The fourth-order valence-electron chi connectivity index (χ4n) is 2.74. The first-order valence-electron chi connectivity index (χ1n) is 7.21. The van der Waals surface area contributed by atoms with Crippen molar-refractivity contribution in [3.8, 4) is 10.6 Å². The quantitative estimate of drug-likeness (QED) is 0.890. The molecule has 21 heavy (non-hydrogen) atoms. The van der Waals surface area contributed by atoms with Crippen LogP contribution in [0.5, 0.6) is 0 Å². The van der Waals surface area contributed by atoms with Crippen molar-refractivity contribution < 1.29 is 4.79 Å². The first-order valence-corrected chi connectivity index (χ1v) is 8.09. The van der Waals surface area contributed by atoms with Crippen molar-refractivity contribution in [2.24, 2.45) is 11.1 Å². The van der Waals surface area contributed by atoms with Crippen molar-refractivity contribution >= 4 is 22.9 Å². The zero-order chi connectivity index (χ0) is 14.7. The largest absolute Gasteiger partial charge is 0.330 e. The summed E-state index contributed by atoms with van der Waals surface area (Å²) in [6, 6.07) is 7.81. The van der Waals surface area contributed by atoms with E-state index in [0.29, 0.717) is 13.0 Å². The minimum absolute atomic E-state index is 0.0465. The van der Waals surface area contributed by atoms with E-state index < -0.39 is 0 Å². The van der Waals surface area contributed by atoms with Crippen LogP contribution < -0.4 is 11.1 Å². The number of benzene rings is 1. The van der Waals surface area contributed by atoms with Crippen LogP contribution in [0.3, 0.4) is 0 Å². The lowest BCUT2D eigenvalue weighted by Gasteiger charge is -2.40. The molecule has 1 heterocycles. The van der Waals surface area contributed by atoms with Crippen molar-refractivity contribution in [2.75, 3.05) is 11.9 Å². The van der Waals surface area contributed by atoms with Crippen molar-refractivity contribution in [3.05, 3.63) is 35.8 Å². The van der Waals surface area contributed by atoms with Gasteiger partial charge in [0.2, 0.25) is 5.91 Å². The Balaban J connectivity index is 1.61. The molecule has 0 aliphatic heterocycles. The van der Waals surface area contributed by atoms with E-state index in [9.17, 15) is 4.79 Å². The third-order valence-electron chi connectivity index (χ3n) is 4.23. The van der Waals surface area contributed by atoms with E-state index in [1.807, 2.05) is 29.6 Å². The van der Waals surface area contributed by atoms with Gasteiger partial charge < -0.3 is 11.1 Å². The highest BCUT2D eigenvalue weighted by molar-refractivity contribution is 7.13. The zero-order valence-corrected chi connectivity index (χ0v) is 12.7. The van der Waals surface area contributed by atoms with Gasteiger partial charge in [0.1, 0.15) is 5.01 Å². The summed E-state index contributed by atoms with van der Waals surface area (Å²) in [5, 5.41) is 5.91. The van der Waals surface area contributed by atoms with Gasteiger partial charge in [-0.05, 0) is 49.1 Å². The number of hydrogen-bond acceptors (Lipinski definition) is 4. The molecular formula is C16H19N3OS. The maximum absolute atomic E-state index is 12.1. The standard InChI is InChI=1S/C16H19N3OS/c17-11-16(6-1-7-16)10-14(20)19-13-4-2-12(3-5-13)15-18-8-9-21-15/h2-5,8-9H,1,6-7,10-11,17H2,(H,19,20). The Kier molecular flexibility index (Phi) is 4.03. The second-order valence-electron chi connectivity index (χ2n) is 5.70. The molecule has 3 N–H and O–H groups in total. The van der Waals surface area contributed by atoms with Crippen LogP contribution >= 0.6 is 11.3 Å². The summed E-state index contributed by atoms with van der Waals surface area (Å²) >= 11 is 1.60. The van der Waals surface area contributed by atoms with Crippen LogP contribution in [0.15, 0.2) is 35.8 Å². The van der Waals surface area contributed by atoms with Crippen molar-refractivity contribution in [2.45, 2.75) is 25.7 Å². The molecular weight excluding hydrogens is 282 g/mol. The predicted molar refractivity (Wildman–Crippen MR) is 86.1 cm³/mol. The van der Waals surface area contributed by atoms with Crippen LogP contribution in [-0.4, -0.2) is 17.4 Å². The van der Waals surface area contributed by atoms with Gasteiger partial charge in [-0.15, -0.1) is 11.3 Å². The van der Waals surface area contributed by atoms with Gasteiger partial charge in [0.05, 0.1) is 0 Å². The maximum Gasteiger partial charge on any atom is 0.224 e. The summed E-state index contributed by atoms with van der Waals surface area (Å²) in [6.07, 6.45) is 5.64. The van der Waals surface area contributed by atoms with Crippen LogP contribution in [0, 0.1) is 5.41 Å². The molecule has 3 rings (SSSR count). The molecule has 0 unspecified atom stereocenters. The summed E-state index contributed by atoms with van der Waals surface area (Å²) < 4.78 is 0. The lowest BCUT2D eigenvalue weighted by molar-refractivity contribution is -0.119. The van der Waals surface area contributed by atoms with E-state index in [-0.39, 0.29) is 11.3 Å². The summed E-state index contributed by atoms with van der Waals surface area (Å²) in [7, 11) is 0. The van der Waals surface area contributed by atoms with Gasteiger partial charge in [0, 0.05) is 29.2 Å². The molecule has 1 saturated carbocycles. The smallest absolute Gasteiger partial charge is 0.224 e. The van der Waals surface area contributed by atoms with Crippen LogP contribution in [0.4, 0.5) is 5.69 Å². The van der Waals surface area contributed by atoms with E-state index in [4.69, 9.17) is 5.73 Å². The molecule has 1 amide bonds. The van der Waals surface area contributed by atoms with E-state index in [2.05, 4.69) is 10.3 Å². The zero-order valence-electron chi connectivity index (χ0n) is 11.8. The minimum atomic E-state index is 0.0465. The maximum atomic E-state index is 12.1. The average Bonchev–Trinajstić information content (AvgIpc) is 2.98. The molecule has 110 valence electrons. The molecule has 5 heteroatoms. The summed E-state index contributed by atoms with van der Waals surface area (Å²) in [4.78, 5) is 16.4. The number of rotatable bonds is 5. The van der Waals surface area contributed by atoms with Crippen LogP contribution in [-0.2, 0) is 4.79 Å². The Morgan fingerprint density at radius 3 is 2.62 bits per heavy atom. The van der Waals surface area contributed by atoms with E-state index >= 15 is 0 Å². The lowest BCUT2D eigenvalue weighted by atomic mass is 9.66. The fraction of sp³-hybridized carbons (Fsp3) is 0.375. The number of hydrogen-bond donors (Lipinski definition) is 2. The van der Waals surface area contributed by atoms with Crippen molar-refractivity contribution in [3.63, 3.8) is 0 Å². The predicted octanol–water partition coefficient (Wildman–Crippen LogP) is 3.27. The molecule has 1 aliphatic rings. The van der Waals surface area contributed by atoms with Crippen LogP contribution in [0.25, 0.3) is 10.6 Å². The molecule has 1 aromatic heterocycles. The number of nitrogens with zero attached hydrogens (tertiary/aromatic N) is 1. The molecule has 0 radical (unpaired) electrons. The Hall–Kier alpha value is -1.72. The molecule has 1 fully saturated rings. The average molecular weight is 301 g/mol. The second-order valence-corrected chi connectivity index (χ2v) is 6.59. The number of aromatic nitrogens is 1. The number of thiazole rings is 1. The first kappa shape index (κ1) is 14.2. The Labute approximate surface area is 128 Å². The van der Waals surface area contributed by atoms with Gasteiger partial charge in [0.25, 0.3) is 0 Å². The van der Waals surface area contributed by atoms with E-state index in [0.717, 1.165) is 29.1 Å². The third kappa shape index (κ3) is 3.14. The monoisotopic (exact) mass is 301 g/mol. The van der Waals surface area contributed by atoms with E-state index in [1.54, 1.807) is 17.5 Å². The Morgan fingerprint density at radius 2 is 2.10 bits per heavy atom. The molecule has 1 aromatic carbocycles. The van der Waals surface area contributed by atoms with Gasteiger partial charge in [-0.3, -0.25) is 4.79 Å². The molecule has 1 aliphatic carbocycles. The number of amides is 1. The normalized spacial score (nSPS) is 16.2. The fourth-order valence-corrected chi connectivity index (χ4v) is 3.38. The lowest BCUT2D eigenvalue weighted by Crippen LogP contribution is -2.40. The molecule has 2 aromatic rings. The summed E-state index contributed by atoms with van der Waals surface area (Å²) in [5.74, 6) is 0.0575. The van der Waals surface area contributed by atoms with Crippen molar-refractivity contribution in [1.82, 2.24) is 4.98 Å². The minimum Gasteiger partial charge on any atom is -0.330 e. The number of nitrogens with one attached hydrogen (secondary N) is 1. The van der Waals surface area contributed by atoms with Gasteiger partial charge >= 0.3 is 0 Å². The van der Waals surface area contributed by atoms with Gasteiger partial charge in [-0.1, -0.05) is 6.42 Å².